The van der Waals surface area contributed by atoms with Gasteiger partial charge in [0.25, 0.3) is 0 Å². The van der Waals surface area contributed by atoms with E-state index in [2.05, 4.69) is 14.8 Å². The van der Waals surface area contributed by atoms with E-state index in [1.165, 1.54) is 0 Å². The van der Waals surface area contributed by atoms with Gasteiger partial charge in [0, 0.05) is 38.5 Å². The molecule has 5 rings (SSSR count). The minimum absolute atomic E-state index is 0.108. The monoisotopic (exact) mass is 407 g/mol. The molecule has 0 bridgehead atoms. The van der Waals surface area contributed by atoms with E-state index < -0.39 is 0 Å². The summed E-state index contributed by atoms with van der Waals surface area (Å²) in [6, 6.07) is 9.25. The van der Waals surface area contributed by atoms with E-state index in [4.69, 9.17) is 14.2 Å². The molecule has 1 aromatic heterocycles. The number of hydrogen-bond acceptors (Lipinski definition) is 7. The van der Waals surface area contributed by atoms with Crippen molar-refractivity contribution < 1.29 is 19.0 Å². The van der Waals surface area contributed by atoms with Gasteiger partial charge in [0.15, 0.2) is 5.76 Å². The number of benzene rings is 1. The predicted octanol–water partition coefficient (Wildman–Crippen LogP) is 2.57. The summed E-state index contributed by atoms with van der Waals surface area (Å²) in [6.45, 7) is 6.93. The average Bonchev–Trinajstić information content (AvgIpc) is 3.11. The van der Waals surface area contributed by atoms with E-state index in [0.29, 0.717) is 36.0 Å². The van der Waals surface area contributed by atoms with Gasteiger partial charge >= 0.3 is 0 Å². The number of rotatable bonds is 5. The van der Waals surface area contributed by atoms with Crippen LogP contribution < -0.4 is 9.47 Å². The van der Waals surface area contributed by atoms with Gasteiger partial charge in [-0.2, -0.15) is 0 Å². The fourth-order valence-electron chi connectivity index (χ4n) is 4.09. The lowest BCUT2D eigenvalue weighted by atomic mass is 10.0. The van der Waals surface area contributed by atoms with Crippen molar-refractivity contribution in [2.75, 3.05) is 46.1 Å². The van der Waals surface area contributed by atoms with Gasteiger partial charge in [0.1, 0.15) is 18.2 Å². The lowest BCUT2D eigenvalue weighted by Crippen LogP contribution is -2.39. The first kappa shape index (κ1) is 19.2. The predicted molar refractivity (Wildman–Crippen MR) is 111 cm³/mol. The van der Waals surface area contributed by atoms with Crippen LogP contribution in [0.3, 0.4) is 0 Å². The molecule has 1 fully saturated rings. The molecule has 3 aliphatic heterocycles. The smallest absolute Gasteiger partial charge is 0.232 e. The Kier molecular flexibility index (Phi) is 5.48. The van der Waals surface area contributed by atoms with Gasteiger partial charge in [0.2, 0.25) is 5.78 Å². The second-order valence-electron chi connectivity index (χ2n) is 7.75. The van der Waals surface area contributed by atoms with Gasteiger partial charge < -0.3 is 14.2 Å². The molecule has 1 saturated heterocycles. The third kappa shape index (κ3) is 3.96. The van der Waals surface area contributed by atoms with Gasteiger partial charge in [-0.25, -0.2) is 0 Å². The molecular formula is C23H25N3O4. The number of carbonyl (C=O) groups is 1. The molecule has 3 aliphatic rings. The molecule has 0 spiro atoms. The Morgan fingerprint density at radius 1 is 1.07 bits per heavy atom. The Hall–Kier alpha value is -2.74. The van der Waals surface area contributed by atoms with Crippen molar-refractivity contribution in [2.24, 2.45) is 0 Å². The zero-order valence-electron chi connectivity index (χ0n) is 16.9. The fraction of sp³-hybridized carbons (Fsp3) is 0.391. The second kappa shape index (κ2) is 8.55. The highest BCUT2D eigenvalue weighted by atomic mass is 16.5. The zero-order chi connectivity index (χ0) is 20.3. The van der Waals surface area contributed by atoms with Crippen LogP contribution in [0.25, 0.3) is 6.08 Å². The topological polar surface area (TPSA) is 64.1 Å². The fourth-order valence-corrected chi connectivity index (χ4v) is 4.09. The third-order valence-corrected chi connectivity index (χ3v) is 5.70. The number of ether oxygens (including phenoxy) is 3. The van der Waals surface area contributed by atoms with Crippen molar-refractivity contribution in [2.45, 2.75) is 13.0 Å². The Morgan fingerprint density at radius 3 is 2.77 bits per heavy atom. The summed E-state index contributed by atoms with van der Waals surface area (Å²) >= 11 is 0. The quantitative estimate of drug-likeness (QED) is 0.706. The molecule has 0 saturated carbocycles. The van der Waals surface area contributed by atoms with Crippen molar-refractivity contribution in [1.82, 2.24) is 14.8 Å². The number of nitrogens with zero attached hydrogens (tertiary/aromatic N) is 3. The number of morpholine rings is 1. The Labute approximate surface area is 175 Å². The molecule has 156 valence electrons. The maximum absolute atomic E-state index is 12.8. The number of pyridine rings is 1. The molecule has 0 amide bonds. The first-order chi connectivity index (χ1) is 14.8. The summed E-state index contributed by atoms with van der Waals surface area (Å²) in [5.41, 5.74) is 2.24. The molecule has 0 atom stereocenters. The van der Waals surface area contributed by atoms with E-state index in [1.54, 1.807) is 18.3 Å². The Morgan fingerprint density at radius 2 is 1.93 bits per heavy atom. The van der Waals surface area contributed by atoms with Crippen molar-refractivity contribution >= 4 is 11.9 Å². The largest absolute Gasteiger partial charge is 0.478 e. The maximum atomic E-state index is 12.8. The summed E-state index contributed by atoms with van der Waals surface area (Å²) in [6.07, 6.45) is 4.46. The molecule has 1 aromatic carbocycles. The number of fused-ring (bicyclic) bond motifs is 3. The van der Waals surface area contributed by atoms with E-state index in [0.717, 1.165) is 57.1 Å². The SMILES string of the molecule is O=C1/C(=C/c2ccccn2)Oc2c1ccc1c2CN(CCCN2CCOCC2)CO1. The van der Waals surface area contributed by atoms with Crippen molar-refractivity contribution in [1.29, 1.82) is 0 Å². The highest BCUT2D eigenvalue weighted by Gasteiger charge is 2.33. The summed E-state index contributed by atoms with van der Waals surface area (Å²) in [5.74, 6) is 1.62. The minimum atomic E-state index is -0.108. The molecule has 0 unspecified atom stereocenters. The van der Waals surface area contributed by atoms with Gasteiger partial charge in [-0.3, -0.25) is 19.6 Å². The van der Waals surface area contributed by atoms with Gasteiger partial charge in [0.05, 0.1) is 30.0 Å². The molecule has 4 heterocycles. The van der Waals surface area contributed by atoms with Crippen LogP contribution in [-0.4, -0.2) is 66.7 Å². The van der Waals surface area contributed by atoms with Crippen LogP contribution in [0.5, 0.6) is 11.5 Å². The molecule has 0 aliphatic carbocycles. The number of ketones is 1. The number of carbonyl (C=O) groups excluding carboxylic acids is 1. The van der Waals surface area contributed by atoms with Crippen LogP contribution in [0.4, 0.5) is 0 Å². The van der Waals surface area contributed by atoms with Crippen molar-refractivity contribution in [3.63, 3.8) is 0 Å². The third-order valence-electron chi connectivity index (χ3n) is 5.70. The number of Topliss-reactive ketones (excluding diaryl/α,β-unsaturated/α-hetero) is 1. The highest BCUT2D eigenvalue weighted by Crippen LogP contribution is 2.41. The molecule has 7 heteroatoms. The van der Waals surface area contributed by atoms with Gasteiger partial charge in [-0.05, 0) is 37.2 Å². The molecule has 7 nitrogen and oxygen atoms in total. The van der Waals surface area contributed by atoms with Gasteiger partial charge in [-0.1, -0.05) is 6.07 Å². The molecule has 30 heavy (non-hydrogen) atoms. The minimum Gasteiger partial charge on any atom is -0.478 e. The molecule has 0 radical (unpaired) electrons. The maximum Gasteiger partial charge on any atom is 0.232 e. The van der Waals surface area contributed by atoms with Crippen LogP contribution in [-0.2, 0) is 11.3 Å². The van der Waals surface area contributed by atoms with E-state index in [1.807, 2.05) is 24.3 Å². The number of hydrogen-bond donors (Lipinski definition) is 0. The summed E-state index contributed by atoms with van der Waals surface area (Å²) in [7, 11) is 0. The normalized spacial score (nSPS) is 20.5. The van der Waals surface area contributed by atoms with Crippen molar-refractivity contribution in [3.8, 4) is 11.5 Å². The molecule has 2 aromatic rings. The standard InChI is InChI=1S/C23H25N3O4/c27-22-18-5-6-20-19(23(18)30-21(22)14-17-4-1-2-7-24-17)15-26(16-29-20)9-3-8-25-10-12-28-13-11-25/h1-2,4-7,14H,3,8-13,15-16H2/b21-14-. The average molecular weight is 407 g/mol. The Balaban J connectivity index is 1.28. The molecular weight excluding hydrogens is 382 g/mol. The van der Waals surface area contributed by atoms with Crippen LogP contribution in [0.1, 0.15) is 28.0 Å². The molecule has 0 N–H and O–H groups in total. The van der Waals surface area contributed by atoms with E-state index in [9.17, 15) is 4.79 Å². The second-order valence-corrected chi connectivity index (χ2v) is 7.75. The first-order valence-electron chi connectivity index (χ1n) is 10.4. The zero-order valence-corrected chi connectivity index (χ0v) is 16.9. The van der Waals surface area contributed by atoms with Crippen molar-refractivity contribution in [3.05, 3.63) is 59.1 Å². The van der Waals surface area contributed by atoms with E-state index in [-0.39, 0.29) is 5.78 Å². The summed E-state index contributed by atoms with van der Waals surface area (Å²) in [5, 5.41) is 0. The van der Waals surface area contributed by atoms with Crippen LogP contribution in [0.15, 0.2) is 42.3 Å². The number of allylic oxidation sites excluding steroid dienone is 1. The summed E-state index contributed by atoms with van der Waals surface area (Å²) in [4.78, 5) is 21.8. The lowest BCUT2D eigenvalue weighted by molar-refractivity contribution is 0.0329. The highest BCUT2D eigenvalue weighted by molar-refractivity contribution is 6.14. The lowest BCUT2D eigenvalue weighted by Gasteiger charge is -2.31. The number of aromatic nitrogens is 1. The van der Waals surface area contributed by atoms with E-state index >= 15 is 0 Å². The van der Waals surface area contributed by atoms with Crippen LogP contribution >= 0.6 is 0 Å². The first-order valence-corrected chi connectivity index (χ1v) is 10.4. The Bertz CT molecular complexity index is 954. The van der Waals surface area contributed by atoms with Crippen LogP contribution in [0, 0.1) is 0 Å². The van der Waals surface area contributed by atoms with Gasteiger partial charge in [-0.15, -0.1) is 0 Å². The summed E-state index contributed by atoms with van der Waals surface area (Å²) < 4.78 is 17.4. The van der Waals surface area contributed by atoms with Crippen LogP contribution in [0.2, 0.25) is 0 Å².